The van der Waals surface area contributed by atoms with Crippen LogP contribution in [-0.4, -0.2) is 12.2 Å². The van der Waals surface area contributed by atoms with Crippen molar-refractivity contribution in [2.45, 2.75) is 45.8 Å². The smallest absolute Gasteiger partial charge is 0.0845 e. The van der Waals surface area contributed by atoms with Gasteiger partial charge < -0.3 is 4.74 Å². The summed E-state index contributed by atoms with van der Waals surface area (Å²) in [6, 6.07) is 0. The number of hydrogen-bond donors (Lipinski definition) is 0. The quantitative estimate of drug-likeness (QED) is 0.579. The van der Waals surface area contributed by atoms with E-state index in [1.807, 2.05) is 0 Å². The van der Waals surface area contributed by atoms with Crippen LogP contribution in [0.2, 0.25) is 0 Å². The highest BCUT2D eigenvalue weighted by molar-refractivity contribution is 5.24. The molecule has 2 aliphatic rings. The first-order valence-electron chi connectivity index (χ1n) is 5.53. The van der Waals surface area contributed by atoms with Crippen LogP contribution >= 0.6 is 0 Å². The molecule has 78 valence electrons. The van der Waals surface area contributed by atoms with Gasteiger partial charge in [-0.15, -0.1) is 0 Å². The molecular weight excluding hydrogens is 172 g/mol. The minimum absolute atomic E-state index is 0.280. The predicted molar refractivity (Wildman–Crippen MR) is 59.1 cm³/mol. The SMILES string of the molecule is C=C1C2CCC(C)(C)C1OC2C=CC. The molecule has 3 atom stereocenters. The zero-order valence-corrected chi connectivity index (χ0v) is 9.42. The number of fused-ring (bicyclic) bond motifs is 2. The fourth-order valence-electron chi connectivity index (χ4n) is 2.81. The van der Waals surface area contributed by atoms with E-state index in [1.165, 1.54) is 18.4 Å². The van der Waals surface area contributed by atoms with E-state index in [0.29, 0.717) is 12.0 Å². The Morgan fingerprint density at radius 3 is 2.79 bits per heavy atom. The Kier molecular flexibility index (Phi) is 2.30. The molecule has 14 heavy (non-hydrogen) atoms. The molecule has 1 heterocycles. The molecule has 0 spiro atoms. The minimum atomic E-state index is 0.280. The summed E-state index contributed by atoms with van der Waals surface area (Å²) in [4.78, 5) is 0. The molecule has 0 amide bonds. The Morgan fingerprint density at radius 2 is 2.21 bits per heavy atom. The summed E-state index contributed by atoms with van der Waals surface area (Å²) in [6.45, 7) is 10.8. The van der Waals surface area contributed by atoms with Gasteiger partial charge in [0.2, 0.25) is 0 Å². The van der Waals surface area contributed by atoms with E-state index in [-0.39, 0.29) is 11.5 Å². The van der Waals surface area contributed by atoms with E-state index in [9.17, 15) is 0 Å². The van der Waals surface area contributed by atoms with Gasteiger partial charge in [-0.2, -0.15) is 0 Å². The van der Waals surface area contributed by atoms with Crippen molar-refractivity contribution >= 4 is 0 Å². The lowest BCUT2D eigenvalue weighted by molar-refractivity contribution is 0.0130. The van der Waals surface area contributed by atoms with Crippen LogP contribution in [0.25, 0.3) is 0 Å². The first kappa shape index (κ1) is 9.97. The van der Waals surface area contributed by atoms with E-state index >= 15 is 0 Å². The number of hydrogen-bond acceptors (Lipinski definition) is 1. The first-order valence-corrected chi connectivity index (χ1v) is 5.53. The fraction of sp³-hybridized carbons (Fsp3) is 0.692. The van der Waals surface area contributed by atoms with Crippen molar-refractivity contribution < 1.29 is 4.74 Å². The van der Waals surface area contributed by atoms with Gasteiger partial charge in [-0.1, -0.05) is 32.6 Å². The Labute approximate surface area is 86.8 Å². The molecule has 0 aromatic rings. The first-order chi connectivity index (χ1) is 6.56. The third kappa shape index (κ3) is 1.35. The van der Waals surface area contributed by atoms with Crippen molar-refractivity contribution in [2.24, 2.45) is 11.3 Å². The van der Waals surface area contributed by atoms with E-state index in [2.05, 4.69) is 39.5 Å². The Balaban J connectivity index is 2.25. The maximum absolute atomic E-state index is 6.07. The van der Waals surface area contributed by atoms with Gasteiger partial charge >= 0.3 is 0 Å². The lowest BCUT2D eigenvalue weighted by atomic mass is 9.69. The highest BCUT2D eigenvalue weighted by Crippen LogP contribution is 2.50. The minimum Gasteiger partial charge on any atom is -0.365 e. The molecule has 2 rings (SSSR count). The second-order valence-corrected chi connectivity index (χ2v) is 5.22. The molecule has 2 bridgehead atoms. The van der Waals surface area contributed by atoms with E-state index in [0.717, 1.165) is 0 Å². The summed E-state index contributed by atoms with van der Waals surface area (Å²) in [7, 11) is 0. The molecule has 1 aliphatic carbocycles. The maximum Gasteiger partial charge on any atom is 0.0845 e. The molecule has 1 heteroatoms. The fourth-order valence-corrected chi connectivity index (χ4v) is 2.81. The van der Waals surface area contributed by atoms with Crippen LogP contribution in [0.15, 0.2) is 24.3 Å². The Morgan fingerprint density at radius 1 is 1.50 bits per heavy atom. The van der Waals surface area contributed by atoms with Gasteiger partial charge in [-0.05, 0) is 30.8 Å². The molecule has 1 saturated carbocycles. The largest absolute Gasteiger partial charge is 0.365 e. The van der Waals surface area contributed by atoms with Crippen LogP contribution < -0.4 is 0 Å². The van der Waals surface area contributed by atoms with Crippen molar-refractivity contribution in [3.05, 3.63) is 24.3 Å². The van der Waals surface area contributed by atoms with Crippen LogP contribution in [0.1, 0.15) is 33.6 Å². The van der Waals surface area contributed by atoms with E-state index < -0.39 is 0 Å². The summed E-state index contributed by atoms with van der Waals surface area (Å²) in [5.41, 5.74) is 1.61. The van der Waals surface area contributed by atoms with Crippen molar-refractivity contribution in [3.63, 3.8) is 0 Å². The standard InChI is InChI=1S/C13H20O/c1-5-6-11-10-7-8-13(3,4)12(14-11)9(10)2/h5-6,10-12H,2,7-8H2,1,3-4H3. The van der Waals surface area contributed by atoms with Gasteiger partial charge in [0.05, 0.1) is 12.2 Å². The van der Waals surface area contributed by atoms with Gasteiger partial charge in [0, 0.05) is 5.92 Å². The normalized spacial score (nSPS) is 40.8. The van der Waals surface area contributed by atoms with E-state index in [4.69, 9.17) is 4.74 Å². The molecule has 2 fully saturated rings. The van der Waals surface area contributed by atoms with Gasteiger partial charge in [0.1, 0.15) is 0 Å². The average molecular weight is 192 g/mol. The molecule has 0 radical (unpaired) electrons. The summed E-state index contributed by atoms with van der Waals surface area (Å²) >= 11 is 0. The zero-order chi connectivity index (χ0) is 10.3. The molecule has 3 unspecified atom stereocenters. The van der Waals surface area contributed by atoms with Gasteiger partial charge in [-0.25, -0.2) is 0 Å². The topological polar surface area (TPSA) is 9.23 Å². The van der Waals surface area contributed by atoms with Crippen LogP contribution in [0, 0.1) is 11.3 Å². The molecule has 1 saturated heterocycles. The highest BCUT2D eigenvalue weighted by Gasteiger charge is 2.48. The maximum atomic E-state index is 6.07. The summed E-state index contributed by atoms with van der Waals surface area (Å²) < 4.78 is 6.07. The van der Waals surface area contributed by atoms with E-state index in [1.54, 1.807) is 0 Å². The third-order valence-electron chi connectivity index (χ3n) is 3.69. The van der Waals surface area contributed by atoms with Crippen molar-refractivity contribution in [2.75, 3.05) is 0 Å². The third-order valence-corrected chi connectivity index (χ3v) is 3.69. The number of ether oxygens (including phenoxy) is 1. The summed E-state index contributed by atoms with van der Waals surface area (Å²) in [6.07, 6.45) is 7.33. The molecule has 1 aliphatic heterocycles. The van der Waals surface area contributed by atoms with Gasteiger partial charge in [0.25, 0.3) is 0 Å². The lowest BCUT2D eigenvalue weighted by Crippen LogP contribution is -2.33. The number of rotatable bonds is 1. The summed E-state index contributed by atoms with van der Waals surface area (Å²) in [5, 5.41) is 0. The molecule has 0 aromatic heterocycles. The van der Waals surface area contributed by atoms with Gasteiger partial charge in [0.15, 0.2) is 0 Å². The second kappa shape index (κ2) is 3.23. The van der Waals surface area contributed by atoms with Crippen molar-refractivity contribution in [1.82, 2.24) is 0 Å². The van der Waals surface area contributed by atoms with Crippen LogP contribution in [0.5, 0.6) is 0 Å². The lowest BCUT2D eigenvalue weighted by Gasteiger charge is -2.35. The highest BCUT2D eigenvalue weighted by atomic mass is 16.5. The van der Waals surface area contributed by atoms with Crippen LogP contribution in [0.3, 0.4) is 0 Å². The second-order valence-electron chi connectivity index (χ2n) is 5.22. The van der Waals surface area contributed by atoms with Crippen molar-refractivity contribution in [3.8, 4) is 0 Å². The molecular formula is C13H20O. The van der Waals surface area contributed by atoms with Crippen LogP contribution in [-0.2, 0) is 4.74 Å². The Bertz CT molecular complexity index is 275. The average Bonchev–Trinajstić information content (AvgIpc) is 2.33. The zero-order valence-electron chi connectivity index (χ0n) is 9.42. The monoisotopic (exact) mass is 192 g/mol. The Hall–Kier alpha value is -0.560. The predicted octanol–water partition coefficient (Wildman–Crippen LogP) is 3.32. The van der Waals surface area contributed by atoms with Crippen LogP contribution in [0.4, 0.5) is 0 Å². The van der Waals surface area contributed by atoms with Gasteiger partial charge in [-0.3, -0.25) is 0 Å². The molecule has 0 N–H and O–H groups in total. The number of allylic oxidation sites excluding steroid dienone is 1. The molecule has 0 aromatic carbocycles. The molecule has 1 nitrogen and oxygen atoms in total. The summed E-state index contributed by atoms with van der Waals surface area (Å²) in [5.74, 6) is 0.573. The van der Waals surface area contributed by atoms with Crippen molar-refractivity contribution in [1.29, 1.82) is 0 Å².